The first kappa shape index (κ1) is 9.84. The van der Waals surface area contributed by atoms with E-state index in [4.69, 9.17) is 4.84 Å². The first-order valence-corrected chi connectivity index (χ1v) is 5.05. The van der Waals surface area contributed by atoms with Gasteiger partial charge in [0.1, 0.15) is 0 Å². The normalized spacial score (nSPS) is 10.3. The Labute approximate surface area is 90.1 Å². The Morgan fingerprint density at radius 1 is 0.933 bits per heavy atom. The van der Waals surface area contributed by atoms with E-state index in [-0.39, 0.29) is 0 Å². The van der Waals surface area contributed by atoms with Gasteiger partial charge in [-0.25, -0.2) is 0 Å². The van der Waals surface area contributed by atoms with E-state index in [0.717, 1.165) is 5.75 Å². The number of aromatic nitrogens is 1. The van der Waals surface area contributed by atoms with Crippen LogP contribution in [0.2, 0.25) is 0 Å². The van der Waals surface area contributed by atoms with Crippen molar-refractivity contribution in [1.82, 2.24) is 4.73 Å². The second kappa shape index (κ2) is 3.81. The molecule has 0 aliphatic heterocycles. The van der Waals surface area contributed by atoms with Gasteiger partial charge < -0.3 is 4.84 Å². The highest BCUT2D eigenvalue weighted by atomic mass is 16.7. The molecule has 1 aromatic carbocycles. The maximum Gasteiger partial charge on any atom is 0.156 e. The van der Waals surface area contributed by atoms with Crippen LogP contribution in [0.15, 0.2) is 36.7 Å². The van der Waals surface area contributed by atoms with Gasteiger partial charge in [0.2, 0.25) is 0 Å². The van der Waals surface area contributed by atoms with Crippen LogP contribution in [0.4, 0.5) is 0 Å². The lowest BCUT2D eigenvalue weighted by molar-refractivity contribution is 0.216. The Hall–Kier alpha value is -1.70. The van der Waals surface area contributed by atoms with Crippen LogP contribution in [0.5, 0.6) is 5.75 Å². The van der Waals surface area contributed by atoms with Gasteiger partial charge in [0.15, 0.2) is 5.75 Å². The van der Waals surface area contributed by atoms with Gasteiger partial charge in [-0.3, -0.25) is 0 Å². The minimum absolute atomic E-state index is 0.878. The third-order valence-electron chi connectivity index (χ3n) is 2.22. The first-order valence-electron chi connectivity index (χ1n) is 5.05. The Kier molecular flexibility index (Phi) is 2.50. The molecule has 2 heteroatoms. The summed E-state index contributed by atoms with van der Waals surface area (Å²) in [7, 11) is 0. The molecule has 0 unspecified atom stereocenters. The van der Waals surface area contributed by atoms with Crippen molar-refractivity contribution in [2.45, 2.75) is 20.8 Å². The molecule has 0 atom stereocenters. The average molecular weight is 201 g/mol. The van der Waals surface area contributed by atoms with Crippen molar-refractivity contribution in [2.75, 3.05) is 0 Å². The van der Waals surface area contributed by atoms with Gasteiger partial charge in [-0.15, -0.1) is 0 Å². The minimum atomic E-state index is 0.878. The Bertz CT molecular complexity index is 451. The van der Waals surface area contributed by atoms with Crippen molar-refractivity contribution in [2.24, 2.45) is 0 Å². The second-order valence-corrected chi connectivity index (χ2v) is 3.96. The van der Waals surface area contributed by atoms with Crippen molar-refractivity contribution in [3.8, 4) is 5.75 Å². The zero-order chi connectivity index (χ0) is 10.8. The number of rotatable bonds is 2. The molecule has 0 radical (unpaired) electrons. The maximum atomic E-state index is 5.68. The van der Waals surface area contributed by atoms with E-state index in [0.29, 0.717) is 0 Å². The predicted octanol–water partition coefficient (Wildman–Crippen LogP) is 3.26. The van der Waals surface area contributed by atoms with Crippen molar-refractivity contribution in [1.29, 1.82) is 0 Å². The SMILES string of the molecule is Cc1cc(C)cc(On2ccc(C)c2)c1. The van der Waals surface area contributed by atoms with E-state index in [1.807, 2.05) is 37.5 Å². The summed E-state index contributed by atoms with van der Waals surface area (Å²) in [5.74, 6) is 0.878. The fourth-order valence-electron chi connectivity index (χ4n) is 1.64. The van der Waals surface area contributed by atoms with Crippen LogP contribution in [0.1, 0.15) is 16.7 Å². The fraction of sp³-hybridized carbons (Fsp3) is 0.231. The van der Waals surface area contributed by atoms with Crippen molar-refractivity contribution in [3.05, 3.63) is 53.3 Å². The maximum absolute atomic E-state index is 5.68. The molecule has 0 aliphatic rings. The summed E-state index contributed by atoms with van der Waals surface area (Å²) >= 11 is 0. The van der Waals surface area contributed by atoms with Crippen LogP contribution in [-0.4, -0.2) is 4.73 Å². The summed E-state index contributed by atoms with van der Waals surface area (Å²) in [6.07, 6.45) is 3.87. The van der Waals surface area contributed by atoms with Gasteiger partial charge in [-0.1, -0.05) is 6.07 Å². The highest BCUT2D eigenvalue weighted by Gasteiger charge is 1.98. The highest BCUT2D eigenvalue weighted by Crippen LogP contribution is 2.17. The lowest BCUT2D eigenvalue weighted by Gasteiger charge is -2.07. The lowest BCUT2D eigenvalue weighted by atomic mass is 10.1. The average Bonchev–Trinajstić information content (AvgIpc) is 2.49. The van der Waals surface area contributed by atoms with E-state index in [1.54, 1.807) is 4.73 Å². The lowest BCUT2D eigenvalue weighted by Crippen LogP contribution is -2.01. The molecular formula is C13H15NO. The third kappa shape index (κ3) is 2.40. The smallest absolute Gasteiger partial charge is 0.156 e. The van der Waals surface area contributed by atoms with Gasteiger partial charge in [-0.05, 0) is 55.7 Å². The van der Waals surface area contributed by atoms with Gasteiger partial charge in [0.25, 0.3) is 0 Å². The predicted molar refractivity (Wildman–Crippen MR) is 61.1 cm³/mol. The number of hydrogen-bond donors (Lipinski definition) is 0. The molecule has 0 aliphatic carbocycles. The largest absolute Gasteiger partial charge is 0.376 e. The van der Waals surface area contributed by atoms with E-state index in [1.165, 1.54) is 16.7 Å². The monoisotopic (exact) mass is 201 g/mol. The summed E-state index contributed by atoms with van der Waals surface area (Å²) in [4.78, 5) is 5.68. The second-order valence-electron chi connectivity index (χ2n) is 3.96. The van der Waals surface area contributed by atoms with Gasteiger partial charge in [0.05, 0.1) is 0 Å². The van der Waals surface area contributed by atoms with Crippen LogP contribution in [0.25, 0.3) is 0 Å². The number of benzene rings is 1. The zero-order valence-electron chi connectivity index (χ0n) is 9.32. The van der Waals surface area contributed by atoms with E-state index in [2.05, 4.69) is 19.9 Å². The molecule has 0 bridgehead atoms. The molecule has 78 valence electrons. The molecule has 2 rings (SSSR count). The molecular weight excluding hydrogens is 186 g/mol. The van der Waals surface area contributed by atoms with E-state index < -0.39 is 0 Å². The molecule has 0 spiro atoms. The van der Waals surface area contributed by atoms with Gasteiger partial charge in [0, 0.05) is 12.4 Å². The first-order chi connectivity index (χ1) is 7.13. The summed E-state index contributed by atoms with van der Waals surface area (Å²) in [5, 5.41) is 0. The number of aryl methyl sites for hydroxylation is 3. The molecule has 0 saturated heterocycles. The van der Waals surface area contributed by atoms with Crippen LogP contribution >= 0.6 is 0 Å². The Morgan fingerprint density at radius 2 is 1.60 bits per heavy atom. The van der Waals surface area contributed by atoms with Gasteiger partial charge >= 0.3 is 0 Å². The molecule has 0 fully saturated rings. The standard InChI is InChI=1S/C13H15NO/c1-10-4-5-14(9-10)15-13-7-11(2)6-12(3)8-13/h4-9H,1-3H3. The number of nitrogens with zero attached hydrogens (tertiary/aromatic N) is 1. The Morgan fingerprint density at radius 3 is 2.13 bits per heavy atom. The molecule has 1 heterocycles. The minimum Gasteiger partial charge on any atom is -0.376 e. The molecule has 0 amide bonds. The summed E-state index contributed by atoms with van der Waals surface area (Å²) in [5.41, 5.74) is 3.63. The quantitative estimate of drug-likeness (QED) is 0.727. The van der Waals surface area contributed by atoms with E-state index >= 15 is 0 Å². The highest BCUT2D eigenvalue weighted by molar-refractivity contribution is 5.33. The molecule has 15 heavy (non-hydrogen) atoms. The van der Waals surface area contributed by atoms with Crippen LogP contribution in [0.3, 0.4) is 0 Å². The van der Waals surface area contributed by atoms with Crippen molar-refractivity contribution >= 4 is 0 Å². The topological polar surface area (TPSA) is 14.2 Å². The van der Waals surface area contributed by atoms with Crippen molar-refractivity contribution < 1.29 is 4.84 Å². The van der Waals surface area contributed by atoms with Crippen LogP contribution < -0.4 is 4.84 Å². The third-order valence-corrected chi connectivity index (χ3v) is 2.22. The number of hydrogen-bond acceptors (Lipinski definition) is 1. The molecule has 0 N–H and O–H groups in total. The Balaban J connectivity index is 2.24. The van der Waals surface area contributed by atoms with Crippen molar-refractivity contribution in [3.63, 3.8) is 0 Å². The fourth-order valence-corrected chi connectivity index (χ4v) is 1.64. The molecule has 0 saturated carbocycles. The van der Waals surface area contributed by atoms with E-state index in [9.17, 15) is 0 Å². The van der Waals surface area contributed by atoms with Gasteiger partial charge in [-0.2, -0.15) is 4.73 Å². The molecule has 2 nitrogen and oxygen atoms in total. The molecule has 2 aromatic rings. The molecule has 1 aromatic heterocycles. The summed E-state index contributed by atoms with van der Waals surface area (Å²) in [6, 6.07) is 8.21. The van der Waals surface area contributed by atoms with Crippen LogP contribution in [0, 0.1) is 20.8 Å². The van der Waals surface area contributed by atoms with Crippen LogP contribution in [-0.2, 0) is 0 Å². The summed E-state index contributed by atoms with van der Waals surface area (Å²) < 4.78 is 1.73. The zero-order valence-corrected chi connectivity index (χ0v) is 9.32. The summed E-state index contributed by atoms with van der Waals surface area (Å²) in [6.45, 7) is 6.18.